The van der Waals surface area contributed by atoms with E-state index in [-0.39, 0.29) is 12.3 Å². The summed E-state index contributed by atoms with van der Waals surface area (Å²) in [5.41, 5.74) is 2.94. The van der Waals surface area contributed by atoms with Gasteiger partial charge >= 0.3 is 5.97 Å². The number of nitrogens with zero attached hydrogens (tertiary/aromatic N) is 1. The van der Waals surface area contributed by atoms with E-state index in [0.717, 1.165) is 17.0 Å². The molecule has 2 aromatic rings. The lowest BCUT2D eigenvalue weighted by atomic mass is 10.1. The maximum atomic E-state index is 12.0. The van der Waals surface area contributed by atoms with Crippen LogP contribution in [0.5, 0.6) is 0 Å². The number of methoxy groups -OCH3 is 1. The Bertz CT molecular complexity index is 727. The first-order chi connectivity index (χ1) is 12.5. The minimum atomic E-state index is -0.848. The first kappa shape index (κ1) is 20.1. The van der Waals surface area contributed by atoms with E-state index in [0.29, 0.717) is 18.8 Å². The maximum Gasteiger partial charge on any atom is 0.312 e. The van der Waals surface area contributed by atoms with Gasteiger partial charge in [-0.3, -0.25) is 9.59 Å². The first-order valence-electron chi connectivity index (χ1n) is 8.53. The average Bonchev–Trinajstić information content (AvgIpc) is 3.10. The van der Waals surface area contributed by atoms with E-state index in [1.165, 1.54) is 16.9 Å². The van der Waals surface area contributed by atoms with Gasteiger partial charge in [0.25, 0.3) is 5.91 Å². The number of benzene rings is 1. The predicted octanol–water partition coefficient (Wildman–Crippen LogP) is 2.61. The van der Waals surface area contributed by atoms with Gasteiger partial charge in [0.1, 0.15) is 5.01 Å². The van der Waals surface area contributed by atoms with Crippen molar-refractivity contribution in [1.29, 1.82) is 0 Å². The van der Waals surface area contributed by atoms with Crippen LogP contribution in [-0.4, -0.2) is 43.2 Å². The largest absolute Gasteiger partial charge is 0.452 e. The molecule has 0 radical (unpaired) electrons. The highest BCUT2D eigenvalue weighted by atomic mass is 32.1. The Hall–Kier alpha value is -2.25. The van der Waals surface area contributed by atoms with Gasteiger partial charge in [-0.25, -0.2) is 4.98 Å². The fraction of sp³-hybridized carbons (Fsp3) is 0.421. The van der Waals surface area contributed by atoms with Gasteiger partial charge in [0.2, 0.25) is 0 Å². The molecule has 0 spiro atoms. The summed E-state index contributed by atoms with van der Waals surface area (Å²) in [4.78, 5) is 28.3. The molecular weight excluding hydrogens is 352 g/mol. The molecule has 1 aromatic heterocycles. The Morgan fingerprint density at radius 2 is 2.00 bits per heavy atom. The molecule has 0 aliphatic rings. The van der Waals surface area contributed by atoms with E-state index in [4.69, 9.17) is 9.47 Å². The van der Waals surface area contributed by atoms with Crippen molar-refractivity contribution in [1.82, 2.24) is 10.3 Å². The van der Waals surface area contributed by atoms with Crippen molar-refractivity contribution in [3.63, 3.8) is 0 Å². The summed E-state index contributed by atoms with van der Waals surface area (Å²) in [6.07, 6.45) is 0.185. The number of hydrogen-bond donors (Lipinski definition) is 1. The summed E-state index contributed by atoms with van der Waals surface area (Å²) < 4.78 is 10.0. The third-order valence-corrected chi connectivity index (χ3v) is 4.71. The molecule has 2 rings (SSSR count). The summed E-state index contributed by atoms with van der Waals surface area (Å²) >= 11 is 1.48. The van der Waals surface area contributed by atoms with E-state index < -0.39 is 12.1 Å². The number of rotatable bonds is 9. The van der Waals surface area contributed by atoms with Gasteiger partial charge in [-0.05, 0) is 18.9 Å². The molecule has 26 heavy (non-hydrogen) atoms. The SMILES string of the molecule is CCc1ccc(-c2nc(CC(=O)O[C@H](C)C(=O)NCCOC)cs2)cc1. The minimum absolute atomic E-state index is 0.0409. The van der Waals surface area contributed by atoms with E-state index in [9.17, 15) is 9.59 Å². The van der Waals surface area contributed by atoms with Crippen molar-refractivity contribution >= 4 is 23.2 Å². The van der Waals surface area contributed by atoms with Crippen molar-refractivity contribution in [2.24, 2.45) is 0 Å². The molecule has 0 bridgehead atoms. The van der Waals surface area contributed by atoms with Crippen LogP contribution in [0.4, 0.5) is 0 Å². The molecular formula is C19H24N2O4S. The number of ether oxygens (including phenoxy) is 2. The molecule has 0 saturated carbocycles. The zero-order valence-corrected chi connectivity index (χ0v) is 16.1. The van der Waals surface area contributed by atoms with Gasteiger partial charge in [-0.2, -0.15) is 0 Å². The highest BCUT2D eigenvalue weighted by molar-refractivity contribution is 7.13. The molecule has 1 heterocycles. The average molecular weight is 376 g/mol. The van der Waals surface area contributed by atoms with Crippen molar-refractivity contribution in [2.45, 2.75) is 32.8 Å². The summed E-state index contributed by atoms with van der Waals surface area (Å²) in [5.74, 6) is -0.817. The number of thiazole rings is 1. The number of aromatic nitrogens is 1. The zero-order chi connectivity index (χ0) is 18.9. The summed E-state index contributed by atoms with van der Waals surface area (Å²) in [5, 5.41) is 5.34. The Morgan fingerprint density at radius 1 is 1.27 bits per heavy atom. The van der Waals surface area contributed by atoms with Crippen molar-refractivity contribution in [2.75, 3.05) is 20.3 Å². The Labute approximate surface area is 157 Å². The molecule has 0 unspecified atom stereocenters. The van der Waals surface area contributed by atoms with Crippen LogP contribution >= 0.6 is 11.3 Å². The second-order valence-corrected chi connectivity index (χ2v) is 6.65. The van der Waals surface area contributed by atoms with Crippen LogP contribution in [0.1, 0.15) is 25.1 Å². The summed E-state index contributed by atoms with van der Waals surface area (Å²) in [7, 11) is 1.55. The maximum absolute atomic E-state index is 12.0. The third-order valence-electron chi connectivity index (χ3n) is 3.77. The Morgan fingerprint density at radius 3 is 2.65 bits per heavy atom. The van der Waals surface area contributed by atoms with Gasteiger partial charge in [0.05, 0.1) is 18.7 Å². The highest BCUT2D eigenvalue weighted by Crippen LogP contribution is 2.24. The Kier molecular flexibility index (Phi) is 7.74. The van der Waals surface area contributed by atoms with Crippen LogP contribution < -0.4 is 5.32 Å². The fourth-order valence-corrected chi connectivity index (χ4v) is 3.09. The normalized spacial score (nSPS) is 11.8. The molecule has 1 amide bonds. The van der Waals surface area contributed by atoms with Gasteiger partial charge in [0, 0.05) is 24.6 Å². The first-order valence-corrected chi connectivity index (χ1v) is 9.41. The molecule has 0 saturated heterocycles. The molecule has 1 N–H and O–H groups in total. The number of nitrogens with one attached hydrogen (secondary N) is 1. The number of carbonyl (C=O) groups excluding carboxylic acids is 2. The van der Waals surface area contributed by atoms with Crippen molar-refractivity contribution in [3.8, 4) is 10.6 Å². The van der Waals surface area contributed by atoms with Crippen LogP contribution in [-0.2, 0) is 31.9 Å². The quantitative estimate of drug-likeness (QED) is 0.538. The number of amides is 1. The lowest BCUT2D eigenvalue weighted by molar-refractivity contribution is -0.154. The Balaban J connectivity index is 1.87. The molecule has 1 atom stereocenters. The number of esters is 1. The third kappa shape index (κ3) is 5.93. The topological polar surface area (TPSA) is 77.5 Å². The predicted molar refractivity (Wildman–Crippen MR) is 101 cm³/mol. The number of aryl methyl sites for hydroxylation is 1. The fourth-order valence-electron chi connectivity index (χ4n) is 2.26. The second-order valence-electron chi connectivity index (χ2n) is 5.79. The molecule has 6 nitrogen and oxygen atoms in total. The van der Waals surface area contributed by atoms with Crippen LogP contribution in [0, 0.1) is 0 Å². The molecule has 0 fully saturated rings. The van der Waals surface area contributed by atoms with E-state index in [2.05, 4.69) is 29.4 Å². The van der Waals surface area contributed by atoms with Crippen molar-refractivity contribution < 1.29 is 19.1 Å². The molecule has 140 valence electrons. The van der Waals surface area contributed by atoms with Crippen LogP contribution in [0.3, 0.4) is 0 Å². The van der Waals surface area contributed by atoms with Crippen LogP contribution in [0.2, 0.25) is 0 Å². The van der Waals surface area contributed by atoms with Crippen LogP contribution in [0.25, 0.3) is 10.6 Å². The molecule has 0 aliphatic heterocycles. The highest BCUT2D eigenvalue weighted by Gasteiger charge is 2.18. The summed E-state index contributed by atoms with van der Waals surface area (Å²) in [6, 6.07) is 8.22. The molecule has 7 heteroatoms. The zero-order valence-electron chi connectivity index (χ0n) is 15.3. The van der Waals surface area contributed by atoms with Crippen molar-refractivity contribution in [3.05, 3.63) is 40.9 Å². The van der Waals surface area contributed by atoms with E-state index in [1.54, 1.807) is 14.0 Å². The van der Waals surface area contributed by atoms with Gasteiger partial charge in [0.15, 0.2) is 6.10 Å². The lowest BCUT2D eigenvalue weighted by Gasteiger charge is -2.12. The second kappa shape index (κ2) is 10.0. The standard InChI is InChI=1S/C19H24N2O4S/c1-4-14-5-7-15(8-6-14)19-21-16(12-26-19)11-17(22)25-13(2)18(23)20-9-10-24-3/h5-8,12-13H,4,9-11H2,1-3H3,(H,20,23)/t13-/m1/s1. The van der Waals surface area contributed by atoms with E-state index >= 15 is 0 Å². The number of hydrogen-bond acceptors (Lipinski definition) is 6. The van der Waals surface area contributed by atoms with Gasteiger partial charge < -0.3 is 14.8 Å². The smallest absolute Gasteiger partial charge is 0.312 e. The molecule has 1 aromatic carbocycles. The lowest BCUT2D eigenvalue weighted by Crippen LogP contribution is -2.37. The minimum Gasteiger partial charge on any atom is -0.452 e. The van der Waals surface area contributed by atoms with Crippen LogP contribution in [0.15, 0.2) is 29.6 Å². The molecule has 0 aliphatic carbocycles. The summed E-state index contributed by atoms with van der Waals surface area (Å²) in [6.45, 7) is 4.44. The number of carbonyl (C=O) groups is 2. The monoisotopic (exact) mass is 376 g/mol. The van der Waals surface area contributed by atoms with Gasteiger partial charge in [-0.15, -0.1) is 11.3 Å². The van der Waals surface area contributed by atoms with Gasteiger partial charge in [-0.1, -0.05) is 31.2 Å². The van der Waals surface area contributed by atoms with E-state index in [1.807, 2.05) is 17.5 Å².